The van der Waals surface area contributed by atoms with Crippen molar-refractivity contribution in [2.45, 2.75) is 70.7 Å². The van der Waals surface area contributed by atoms with Crippen molar-refractivity contribution in [1.82, 2.24) is 16.0 Å². The Bertz CT molecular complexity index is 3120. The number of benzene rings is 5. The fraction of sp³-hybridized carbons (Fsp3) is 0.351. The molecule has 0 unspecified atom stereocenters. The molecule has 1 aliphatic carbocycles. The van der Waals surface area contributed by atoms with Crippen molar-refractivity contribution in [1.29, 1.82) is 0 Å². The molecule has 2 atom stereocenters. The molecule has 3 aliphatic heterocycles. The van der Waals surface area contributed by atoms with Gasteiger partial charge in [0.1, 0.15) is 13.2 Å². The van der Waals surface area contributed by atoms with Crippen LogP contribution in [0, 0.1) is 11.8 Å². The number of nitrogen functional groups attached to an aromatic ring is 1. The number of carbonyl (C=O) groups is 7. The highest BCUT2D eigenvalue weighted by atomic mass is 16.5. The average Bonchev–Trinajstić information content (AvgIpc) is 3.96. The molecule has 20 heteroatoms. The summed E-state index contributed by atoms with van der Waals surface area (Å²) < 4.78 is 29.0. The minimum Gasteiger partial charge on any atom is -0.493 e. The van der Waals surface area contributed by atoms with E-state index in [0.29, 0.717) is 78.2 Å². The van der Waals surface area contributed by atoms with Crippen LogP contribution in [0.15, 0.2) is 91.0 Å². The van der Waals surface area contributed by atoms with Crippen molar-refractivity contribution < 1.29 is 57.2 Å². The minimum atomic E-state index is -0.644. The summed E-state index contributed by atoms with van der Waals surface area (Å²) >= 11 is 0. The van der Waals surface area contributed by atoms with E-state index in [1.54, 1.807) is 41.3 Å². The van der Waals surface area contributed by atoms with Crippen LogP contribution in [0.2, 0.25) is 0 Å². The topological polar surface area (TPSA) is 258 Å². The lowest BCUT2D eigenvalue weighted by atomic mass is 9.81. The molecule has 0 bridgehead atoms. The van der Waals surface area contributed by atoms with Gasteiger partial charge >= 0.3 is 5.97 Å². The van der Waals surface area contributed by atoms with Crippen LogP contribution in [0.1, 0.15) is 75.6 Å². The number of carbonyl (C=O) groups excluding carboxylic acids is 7. The standard InChI is InChI=1S/C57H62N8O12/c1-32-17-37-9-5-7-11-45(37)64(32)55(70)41-22-47(73-2)49(24-43(41)58)76-30-33-18-34(31-77-50-25-44-42(23-48(50)74-3)56(71)65-40(26-59-44)21-38-10-6-8-12-46(38)65)20-39(19-33)63-53(68)29-61-51(66)27-60-52(67)28-62-54(69)35-13-15-36(16-14-35)57(72)75-4/h5-12,18-20,22-25,32,35-36,40,59H,13-17,21,26-31,58H2,1-4H3,(H,60,67)(H,61,66)(H,62,69)(H,63,68)/t32-,35?,36?,40+/m1/s1. The number of hydrogen-bond acceptors (Lipinski definition) is 14. The van der Waals surface area contributed by atoms with Crippen LogP contribution < -0.4 is 61.1 Å². The molecule has 9 rings (SSSR count). The number of fused-ring (bicyclic) bond motifs is 5. The molecule has 77 heavy (non-hydrogen) atoms. The summed E-state index contributed by atoms with van der Waals surface area (Å²) in [4.78, 5) is 94.8. The van der Waals surface area contributed by atoms with E-state index in [-0.39, 0.29) is 90.1 Å². The number of esters is 1. The zero-order chi connectivity index (χ0) is 54.3. The summed E-state index contributed by atoms with van der Waals surface area (Å²) in [5.74, 6) is -2.20. The normalized spacial score (nSPS) is 17.9. The molecular formula is C57H62N8O12. The predicted molar refractivity (Wildman–Crippen MR) is 286 cm³/mol. The lowest BCUT2D eigenvalue weighted by Crippen LogP contribution is -2.44. The maximum absolute atomic E-state index is 14.1. The van der Waals surface area contributed by atoms with Gasteiger partial charge in [0, 0.05) is 53.4 Å². The molecule has 0 saturated heterocycles. The molecule has 5 aromatic carbocycles. The number of nitrogens with one attached hydrogen (secondary N) is 5. The van der Waals surface area contributed by atoms with Gasteiger partial charge in [-0.25, -0.2) is 0 Å². The van der Waals surface area contributed by atoms with E-state index in [9.17, 15) is 33.6 Å². The number of amides is 6. The van der Waals surface area contributed by atoms with Gasteiger partial charge in [-0.05, 0) is 110 Å². The van der Waals surface area contributed by atoms with Gasteiger partial charge in [0.15, 0.2) is 23.0 Å². The summed E-state index contributed by atoms with van der Waals surface area (Å²) in [7, 11) is 4.29. The van der Waals surface area contributed by atoms with E-state index in [0.717, 1.165) is 28.9 Å². The van der Waals surface area contributed by atoms with Crippen molar-refractivity contribution in [3.8, 4) is 23.0 Å². The van der Waals surface area contributed by atoms with Gasteiger partial charge in [-0.3, -0.25) is 33.6 Å². The van der Waals surface area contributed by atoms with Crippen molar-refractivity contribution in [3.05, 3.63) is 124 Å². The third kappa shape index (κ3) is 11.9. The smallest absolute Gasteiger partial charge is 0.308 e. The molecule has 6 amide bonds. The van der Waals surface area contributed by atoms with Gasteiger partial charge < -0.3 is 65.8 Å². The molecule has 1 fully saturated rings. The van der Waals surface area contributed by atoms with Gasteiger partial charge in [-0.15, -0.1) is 0 Å². The summed E-state index contributed by atoms with van der Waals surface area (Å²) in [6, 6.07) is 27.2. The van der Waals surface area contributed by atoms with Crippen LogP contribution in [0.5, 0.6) is 23.0 Å². The van der Waals surface area contributed by atoms with Gasteiger partial charge in [0.2, 0.25) is 23.6 Å². The first-order valence-electron chi connectivity index (χ1n) is 25.5. The van der Waals surface area contributed by atoms with E-state index >= 15 is 0 Å². The molecule has 20 nitrogen and oxygen atoms in total. The second kappa shape index (κ2) is 23.4. The molecule has 3 heterocycles. The Morgan fingerprint density at radius 3 is 1.91 bits per heavy atom. The molecule has 1 saturated carbocycles. The first kappa shape index (κ1) is 53.0. The third-order valence-electron chi connectivity index (χ3n) is 14.4. The Morgan fingerprint density at radius 1 is 0.662 bits per heavy atom. The second-order valence-corrected chi connectivity index (χ2v) is 19.5. The first-order valence-corrected chi connectivity index (χ1v) is 25.5. The number of nitrogens with zero attached hydrogens (tertiary/aromatic N) is 2. The predicted octanol–water partition coefficient (Wildman–Crippen LogP) is 5.30. The van der Waals surface area contributed by atoms with E-state index in [2.05, 4.69) is 26.6 Å². The highest BCUT2D eigenvalue weighted by molar-refractivity contribution is 6.13. The first-order chi connectivity index (χ1) is 37.2. The summed E-state index contributed by atoms with van der Waals surface area (Å²) in [6.45, 7) is 1.18. The largest absolute Gasteiger partial charge is 0.493 e. The number of methoxy groups -OCH3 is 3. The highest BCUT2D eigenvalue weighted by Gasteiger charge is 2.38. The second-order valence-electron chi connectivity index (χ2n) is 19.5. The highest BCUT2D eigenvalue weighted by Crippen LogP contribution is 2.42. The Morgan fingerprint density at radius 2 is 1.25 bits per heavy atom. The average molecular weight is 1050 g/mol. The zero-order valence-corrected chi connectivity index (χ0v) is 43.3. The fourth-order valence-corrected chi connectivity index (χ4v) is 10.5. The maximum atomic E-state index is 14.1. The summed E-state index contributed by atoms with van der Waals surface area (Å²) in [6.07, 6.45) is 3.46. The van der Waals surface area contributed by atoms with Gasteiger partial charge in [0.25, 0.3) is 11.8 Å². The van der Waals surface area contributed by atoms with E-state index in [4.69, 9.17) is 29.4 Å². The van der Waals surface area contributed by atoms with Gasteiger partial charge in [0.05, 0.1) is 69.7 Å². The molecular weight excluding hydrogens is 989 g/mol. The molecule has 0 aromatic heterocycles. The maximum Gasteiger partial charge on any atom is 0.308 e. The Labute approximate surface area is 445 Å². The lowest BCUT2D eigenvalue weighted by molar-refractivity contribution is -0.147. The number of para-hydroxylation sites is 2. The molecule has 7 N–H and O–H groups in total. The van der Waals surface area contributed by atoms with Crippen LogP contribution >= 0.6 is 0 Å². The Kier molecular flexibility index (Phi) is 16.1. The van der Waals surface area contributed by atoms with Crippen molar-refractivity contribution >= 4 is 69.8 Å². The molecule has 0 spiro atoms. The third-order valence-corrected chi connectivity index (χ3v) is 14.4. The van der Waals surface area contributed by atoms with Crippen LogP contribution in [-0.2, 0) is 54.8 Å². The Balaban J connectivity index is 0.867. The van der Waals surface area contributed by atoms with E-state index < -0.39 is 30.8 Å². The molecule has 5 aromatic rings. The van der Waals surface area contributed by atoms with Crippen LogP contribution in [0.4, 0.5) is 28.4 Å². The summed E-state index contributed by atoms with van der Waals surface area (Å²) in [5, 5.41) is 13.8. The quantitative estimate of drug-likeness (QED) is 0.0481. The SMILES string of the molecule is COC(=O)C1CCC(C(=O)NCC(=O)NCC(=O)NCC(=O)Nc2cc(COc3cc(N)c(C(=O)N4c5ccccc5C[C@H]4C)cc3OC)cc(COc3cc4c(cc3OC)C(=O)N3c5ccccc5C[C@H]3CN4)c2)CC1. The van der Waals surface area contributed by atoms with Crippen molar-refractivity contribution in [2.75, 3.05) is 73.7 Å². The van der Waals surface area contributed by atoms with Crippen LogP contribution in [0.3, 0.4) is 0 Å². The van der Waals surface area contributed by atoms with Gasteiger partial charge in [-0.2, -0.15) is 0 Å². The monoisotopic (exact) mass is 1050 g/mol. The Hall–Kier alpha value is -8.81. The number of anilines is 5. The fourth-order valence-electron chi connectivity index (χ4n) is 10.5. The molecule has 4 aliphatic rings. The molecule has 402 valence electrons. The van der Waals surface area contributed by atoms with E-state index in [1.807, 2.05) is 66.4 Å². The molecule has 0 radical (unpaired) electrons. The lowest BCUT2D eigenvalue weighted by Gasteiger charge is -2.25. The summed E-state index contributed by atoms with van der Waals surface area (Å²) in [5.41, 5.74) is 13.4. The van der Waals surface area contributed by atoms with E-state index in [1.165, 1.54) is 21.3 Å². The van der Waals surface area contributed by atoms with Crippen molar-refractivity contribution in [3.63, 3.8) is 0 Å². The van der Waals surface area contributed by atoms with Crippen LogP contribution in [-0.4, -0.2) is 101 Å². The number of hydrogen-bond donors (Lipinski definition) is 6. The minimum absolute atomic E-state index is 0.0273. The number of ether oxygens (including phenoxy) is 5. The van der Waals surface area contributed by atoms with Crippen molar-refractivity contribution in [2.24, 2.45) is 11.8 Å². The zero-order valence-electron chi connectivity index (χ0n) is 43.3. The van der Waals surface area contributed by atoms with Crippen LogP contribution in [0.25, 0.3) is 0 Å². The number of nitrogens with two attached hydrogens (primary N) is 1. The van der Waals surface area contributed by atoms with Gasteiger partial charge in [-0.1, -0.05) is 36.4 Å². The number of rotatable bonds is 18.